The van der Waals surface area contributed by atoms with Crippen LogP contribution >= 0.6 is 0 Å². The third kappa shape index (κ3) is 2.94. The fraction of sp³-hybridized carbons (Fsp3) is 0.562. The summed E-state index contributed by atoms with van der Waals surface area (Å²) in [6, 6.07) is 5.61. The molecule has 0 bridgehead atoms. The lowest BCUT2D eigenvalue weighted by atomic mass is 10.1. The van der Waals surface area contributed by atoms with Gasteiger partial charge < -0.3 is 10.2 Å². The van der Waals surface area contributed by atoms with Crippen molar-refractivity contribution in [1.82, 2.24) is 15.1 Å². The number of nitrogens with one attached hydrogen (secondary N) is 1. The molecule has 2 fully saturated rings. The lowest BCUT2D eigenvalue weighted by Crippen LogP contribution is -2.52. The third-order valence-corrected chi connectivity index (χ3v) is 4.57. The van der Waals surface area contributed by atoms with E-state index >= 15 is 0 Å². The van der Waals surface area contributed by atoms with E-state index in [0.29, 0.717) is 24.7 Å². The van der Waals surface area contributed by atoms with Crippen LogP contribution in [-0.4, -0.2) is 61.0 Å². The van der Waals surface area contributed by atoms with Gasteiger partial charge in [-0.2, -0.15) is 0 Å². The van der Waals surface area contributed by atoms with Gasteiger partial charge in [-0.05, 0) is 31.5 Å². The average molecular weight is 291 g/mol. The minimum absolute atomic E-state index is 0.180. The predicted octanol–water partition coefficient (Wildman–Crippen LogP) is 1.25. The largest absolute Gasteiger partial charge is 0.336 e. The second-order valence-corrected chi connectivity index (χ2v) is 5.91. The Hall–Kier alpha value is -1.46. The molecule has 1 N–H and O–H groups in total. The van der Waals surface area contributed by atoms with Gasteiger partial charge in [0.25, 0.3) is 5.91 Å². The second kappa shape index (κ2) is 6.12. The zero-order valence-electron chi connectivity index (χ0n) is 12.4. The highest BCUT2D eigenvalue weighted by Gasteiger charge is 2.29. The van der Waals surface area contributed by atoms with Crippen LogP contribution in [0.5, 0.6) is 0 Å². The molecule has 2 aliphatic rings. The summed E-state index contributed by atoms with van der Waals surface area (Å²) in [7, 11) is 0. The van der Waals surface area contributed by atoms with Gasteiger partial charge in [0.15, 0.2) is 0 Å². The number of aryl methyl sites for hydroxylation is 1. The number of halogens is 1. The quantitative estimate of drug-likeness (QED) is 0.891. The summed E-state index contributed by atoms with van der Waals surface area (Å²) in [5.74, 6) is -0.565. The number of amides is 1. The Morgan fingerprint density at radius 3 is 2.71 bits per heavy atom. The molecule has 21 heavy (non-hydrogen) atoms. The minimum atomic E-state index is -0.384. The Labute approximate surface area is 124 Å². The number of nitrogens with zero attached hydrogens (tertiary/aromatic N) is 2. The van der Waals surface area contributed by atoms with E-state index in [9.17, 15) is 9.18 Å². The summed E-state index contributed by atoms with van der Waals surface area (Å²) >= 11 is 0. The maximum Gasteiger partial charge on any atom is 0.256 e. The Balaban J connectivity index is 1.63. The molecule has 1 atom stereocenters. The van der Waals surface area contributed by atoms with E-state index in [0.717, 1.165) is 26.2 Å². The summed E-state index contributed by atoms with van der Waals surface area (Å²) in [5, 5.41) is 3.37. The van der Waals surface area contributed by atoms with Crippen molar-refractivity contribution in [2.24, 2.45) is 0 Å². The molecule has 1 amide bonds. The van der Waals surface area contributed by atoms with Crippen LogP contribution in [0, 0.1) is 12.7 Å². The molecular weight excluding hydrogens is 269 g/mol. The van der Waals surface area contributed by atoms with E-state index in [1.165, 1.54) is 6.42 Å². The smallest absolute Gasteiger partial charge is 0.256 e. The average Bonchev–Trinajstić information content (AvgIpc) is 3.04. The van der Waals surface area contributed by atoms with Gasteiger partial charge in [0, 0.05) is 38.8 Å². The van der Waals surface area contributed by atoms with Gasteiger partial charge in [0.2, 0.25) is 0 Å². The summed E-state index contributed by atoms with van der Waals surface area (Å²) in [5.41, 5.74) is 0.725. The van der Waals surface area contributed by atoms with Gasteiger partial charge in [-0.3, -0.25) is 9.69 Å². The van der Waals surface area contributed by atoms with Crippen molar-refractivity contribution < 1.29 is 9.18 Å². The van der Waals surface area contributed by atoms with Crippen molar-refractivity contribution in [3.63, 3.8) is 0 Å². The number of benzene rings is 1. The molecule has 0 radical (unpaired) electrons. The zero-order valence-corrected chi connectivity index (χ0v) is 12.4. The van der Waals surface area contributed by atoms with Crippen LogP contribution in [0.25, 0.3) is 0 Å². The van der Waals surface area contributed by atoms with Crippen LogP contribution in [0.2, 0.25) is 0 Å². The summed E-state index contributed by atoms with van der Waals surface area (Å²) in [6.07, 6.45) is 1.18. The van der Waals surface area contributed by atoms with Crippen LogP contribution in [-0.2, 0) is 0 Å². The molecule has 3 rings (SSSR count). The molecule has 4 nitrogen and oxygen atoms in total. The first-order valence-corrected chi connectivity index (χ1v) is 7.66. The lowest BCUT2D eigenvalue weighted by molar-refractivity contribution is 0.0579. The van der Waals surface area contributed by atoms with Crippen molar-refractivity contribution in [2.75, 3.05) is 39.3 Å². The van der Waals surface area contributed by atoms with Crippen molar-refractivity contribution in [1.29, 1.82) is 0 Å². The normalized spacial score (nSPS) is 23.5. The molecule has 1 aromatic carbocycles. The van der Waals surface area contributed by atoms with Crippen LogP contribution in [0.15, 0.2) is 18.2 Å². The number of carbonyl (C=O) groups excluding carboxylic acids is 1. The van der Waals surface area contributed by atoms with Gasteiger partial charge >= 0.3 is 0 Å². The summed E-state index contributed by atoms with van der Waals surface area (Å²) in [4.78, 5) is 16.7. The summed E-state index contributed by atoms with van der Waals surface area (Å²) in [6.45, 7) is 6.94. The van der Waals surface area contributed by atoms with Gasteiger partial charge in [0.1, 0.15) is 5.82 Å². The van der Waals surface area contributed by atoms with Crippen molar-refractivity contribution in [2.45, 2.75) is 19.4 Å². The monoisotopic (exact) mass is 291 g/mol. The first kappa shape index (κ1) is 14.5. The molecule has 2 aliphatic heterocycles. The highest BCUT2D eigenvalue weighted by Crippen LogP contribution is 2.17. The van der Waals surface area contributed by atoms with E-state index in [4.69, 9.17) is 0 Å². The van der Waals surface area contributed by atoms with Crippen LogP contribution in [0.1, 0.15) is 22.3 Å². The topological polar surface area (TPSA) is 35.6 Å². The Morgan fingerprint density at radius 2 is 2.05 bits per heavy atom. The van der Waals surface area contributed by atoms with Crippen molar-refractivity contribution >= 4 is 5.91 Å². The maximum atomic E-state index is 14.1. The second-order valence-electron chi connectivity index (χ2n) is 5.91. The predicted molar refractivity (Wildman–Crippen MR) is 79.9 cm³/mol. The molecular formula is C16H22FN3O. The van der Waals surface area contributed by atoms with E-state index < -0.39 is 0 Å². The number of rotatable bonds is 2. The highest BCUT2D eigenvalue weighted by molar-refractivity contribution is 5.94. The molecule has 0 aromatic heterocycles. The minimum Gasteiger partial charge on any atom is -0.336 e. The lowest BCUT2D eigenvalue weighted by Gasteiger charge is -2.37. The third-order valence-electron chi connectivity index (χ3n) is 4.57. The number of hydrogen-bond donors (Lipinski definition) is 1. The van der Waals surface area contributed by atoms with E-state index in [-0.39, 0.29) is 17.3 Å². The van der Waals surface area contributed by atoms with Crippen LogP contribution in [0.4, 0.5) is 4.39 Å². The van der Waals surface area contributed by atoms with Crippen molar-refractivity contribution in [3.05, 3.63) is 35.1 Å². The Morgan fingerprint density at radius 1 is 1.29 bits per heavy atom. The van der Waals surface area contributed by atoms with Gasteiger partial charge in [-0.25, -0.2) is 4.39 Å². The summed E-state index contributed by atoms with van der Waals surface area (Å²) < 4.78 is 14.1. The fourth-order valence-corrected chi connectivity index (χ4v) is 3.22. The number of hydrogen-bond acceptors (Lipinski definition) is 3. The molecule has 2 heterocycles. The fourth-order valence-electron chi connectivity index (χ4n) is 3.22. The van der Waals surface area contributed by atoms with Gasteiger partial charge in [-0.1, -0.05) is 12.1 Å². The van der Waals surface area contributed by atoms with Crippen LogP contribution in [0.3, 0.4) is 0 Å². The first-order chi connectivity index (χ1) is 10.2. The molecule has 1 aromatic rings. The molecule has 5 heteroatoms. The van der Waals surface area contributed by atoms with E-state index in [1.807, 2.05) is 0 Å². The number of piperazine rings is 1. The Kier molecular flexibility index (Phi) is 4.22. The zero-order chi connectivity index (χ0) is 14.8. The molecule has 0 saturated carbocycles. The van der Waals surface area contributed by atoms with E-state index in [2.05, 4.69) is 10.2 Å². The van der Waals surface area contributed by atoms with Gasteiger partial charge in [-0.15, -0.1) is 0 Å². The number of carbonyl (C=O) groups is 1. The molecule has 2 saturated heterocycles. The van der Waals surface area contributed by atoms with Crippen molar-refractivity contribution in [3.8, 4) is 0 Å². The molecule has 1 unspecified atom stereocenters. The molecule has 0 aliphatic carbocycles. The van der Waals surface area contributed by atoms with Gasteiger partial charge in [0.05, 0.1) is 5.56 Å². The molecule has 0 spiro atoms. The molecule has 114 valence electrons. The van der Waals surface area contributed by atoms with Crippen LogP contribution < -0.4 is 5.32 Å². The SMILES string of the molecule is Cc1cccc(C(=O)N2CCN(C3CCNC3)CC2)c1F. The maximum absolute atomic E-state index is 14.1. The Bertz CT molecular complexity index is 520. The first-order valence-electron chi connectivity index (χ1n) is 7.66. The van der Waals surface area contributed by atoms with E-state index in [1.54, 1.807) is 30.0 Å². The highest BCUT2D eigenvalue weighted by atomic mass is 19.1. The standard InChI is InChI=1S/C16H22FN3O/c1-12-3-2-4-14(15(12)17)16(21)20-9-7-19(8-10-20)13-5-6-18-11-13/h2-4,13,18H,5-11H2,1H3.